The second-order valence-corrected chi connectivity index (χ2v) is 4.92. The van der Waals surface area contributed by atoms with E-state index in [1.165, 1.54) is 6.07 Å². The Bertz CT molecular complexity index is 842. The van der Waals surface area contributed by atoms with Gasteiger partial charge in [-0.3, -0.25) is 0 Å². The third kappa shape index (κ3) is 2.49. The summed E-state index contributed by atoms with van der Waals surface area (Å²) in [6.45, 7) is 2.01. The van der Waals surface area contributed by atoms with E-state index in [0.29, 0.717) is 16.8 Å². The predicted octanol–water partition coefficient (Wildman–Crippen LogP) is 4.11. The zero-order chi connectivity index (χ0) is 15.5. The van der Waals surface area contributed by atoms with Crippen molar-refractivity contribution in [1.82, 2.24) is 9.78 Å². The molecule has 4 heteroatoms. The van der Waals surface area contributed by atoms with Gasteiger partial charge in [-0.15, -0.1) is 0 Å². The lowest BCUT2D eigenvalue weighted by atomic mass is 10.1. The van der Waals surface area contributed by atoms with Gasteiger partial charge in [-0.25, -0.2) is 9.07 Å². The van der Waals surface area contributed by atoms with Crippen LogP contribution in [0.3, 0.4) is 0 Å². The minimum absolute atomic E-state index is 0.278. The largest absolute Gasteiger partial charge is 0.233 e. The molecule has 0 unspecified atom stereocenters. The minimum atomic E-state index is -0.278. The van der Waals surface area contributed by atoms with Crippen LogP contribution in [0.4, 0.5) is 4.39 Å². The Balaban J connectivity index is 2.17. The number of nitrogens with zero attached hydrogens (tertiary/aromatic N) is 3. The molecule has 0 N–H and O–H groups in total. The number of aryl methyl sites for hydroxylation is 1. The molecule has 0 radical (unpaired) electrons. The van der Waals surface area contributed by atoms with E-state index in [4.69, 9.17) is 5.26 Å². The highest BCUT2D eigenvalue weighted by molar-refractivity contribution is 5.63. The Kier molecular flexibility index (Phi) is 3.71. The molecule has 0 aliphatic rings. The first kappa shape index (κ1) is 14.0. The van der Waals surface area contributed by atoms with Crippen LogP contribution in [-0.4, -0.2) is 9.78 Å². The first-order valence-corrected chi connectivity index (χ1v) is 7.07. The molecule has 0 amide bonds. The number of halogens is 1. The zero-order valence-corrected chi connectivity index (χ0v) is 12.1. The molecule has 0 atom stereocenters. The number of nitriles is 1. The normalized spacial score (nSPS) is 10.4. The Hall–Kier alpha value is -2.93. The number of rotatable bonds is 3. The van der Waals surface area contributed by atoms with Crippen LogP contribution in [0.15, 0.2) is 54.6 Å². The summed E-state index contributed by atoms with van der Waals surface area (Å²) in [5.74, 6) is -0.278. The molecule has 3 rings (SSSR count). The van der Waals surface area contributed by atoms with Crippen LogP contribution in [0.2, 0.25) is 0 Å². The average molecular weight is 291 g/mol. The standard InChI is InChI=1S/C18H14FN3/c1-2-14-11-18(16-5-3-4-6-17(16)19)22(21-14)15-9-7-13(12-20)8-10-15/h3-11H,2H2,1H3. The quantitative estimate of drug-likeness (QED) is 0.728. The summed E-state index contributed by atoms with van der Waals surface area (Å²) in [7, 11) is 0. The summed E-state index contributed by atoms with van der Waals surface area (Å²) >= 11 is 0. The molecular formula is C18H14FN3. The van der Waals surface area contributed by atoms with E-state index in [1.807, 2.05) is 25.1 Å². The van der Waals surface area contributed by atoms with Gasteiger partial charge in [0.15, 0.2) is 0 Å². The molecule has 0 saturated carbocycles. The van der Waals surface area contributed by atoms with Crippen molar-refractivity contribution in [3.63, 3.8) is 0 Å². The lowest BCUT2D eigenvalue weighted by Crippen LogP contribution is -2.00. The topological polar surface area (TPSA) is 41.6 Å². The third-order valence-electron chi connectivity index (χ3n) is 3.51. The van der Waals surface area contributed by atoms with Crippen molar-refractivity contribution in [2.45, 2.75) is 13.3 Å². The minimum Gasteiger partial charge on any atom is -0.233 e. The predicted molar refractivity (Wildman–Crippen MR) is 83.1 cm³/mol. The van der Waals surface area contributed by atoms with Crippen molar-refractivity contribution in [2.24, 2.45) is 0 Å². The van der Waals surface area contributed by atoms with E-state index in [9.17, 15) is 4.39 Å². The van der Waals surface area contributed by atoms with Gasteiger partial charge in [0, 0.05) is 5.56 Å². The van der Waals surface area contributed by atoms with Crippen LogP contribution in [0.5, 0.6) is 0 Å². The van der Waals surface area contributed by atoms with Crippen molar-refractivity contribution in [2.75, 3.05) is 0 Å². The molecule has 22 heavy (non-hydrogen) atoms. The molecule has 1 aromatic heterocycles. The molecule has 0 aliphatic heterocycles. The molecular weight excluding hydrogens is 277 g/mol. The Morgan fingerprint density at radius 2 is 1.86 bits per heavy atom. The Labute approximate surface area is 128 Å². The maximum absolute atomic E-state index is 14.1. The van der Waals surface area contributed by atoms with E-state index in [2.05, 4.69) is 11.2 Å². The molecule has 3 aromatic rings. The SMILES string of the molecule is CCc1cc(-c2ccccc2F)n(-c2ccc(C#N)cc2)n1. The van der Waals surface area contributed by atoms with Gasteiger partial charge in [0.2, 0.25) is 0 Å². The maximum atomic E-state index is 14.1. The molecule has 3 nitrogen and oxygen atoms in total. The first-order chi connectivity index (χ1) is 10.7. The molecule has 0 bridgehead atoms. The van der Waals surface area contributed by atoms with Gasteiger partial charge in [0.05, 0.1) is 28.7 Å². The van der Waals surface area contributed by atoms with Gasteiger partial charge in [-0.2, -0.15) is 10.4 Å². The van der Waals surface area contributed by atoms with Gasteiger partial charge >= 0.3 is 0 Å². The lowest BCUT2D eigenvalue weighted by Gasteiger charge is -2.08. The van der Waals surface area contributed by atoms with Gasteiger partial charge in [-0.1, -0.05) is 19.1 Å². The molecule has 0 fully saturated rings. The van der Waals surface area contributed by atoms with Crippen LogP contribution >= 0.6 is 0 Å². The van der Waals surface area contributed by atoms with E-state index in [1.54, 1.807) is 35.0 Å². The van der Waals surface area contributed by atoms with Crippen molar-refractivity contribution in [3.05, 3.63) is 71.7 Å². The van der Waals surface area contributed by atoms with Gasteiger partial charge in [0.1, 0.15) is 5.82 Å². The molecule has 0 saturated heterocycles. The number of hydrogen-bond donors (Lipinski definition) is 0. The monoisotopic (exact) mass is 291 g/mol. The van der Waals surface area contributed by atoms with Crippen LogP contribution in [0.1, 0.15) is 18.2 Å². The highest BCUT2D eigenvalue weighted by atomic mass is 19.1. The zero-order valence-electron chi connectivity index (χ0n) is 12.1. The lowest BCUT2D eigenvalue weighted by molar-refractivity contribution is 0.629. The highest BCUT2D eigenvalue weighted by Crippen LogP contribution is 2.26. The van der Waals surface area contributed by atoms with Gasteiger partial charge in [-0.05, 0) is 48.9 Å². The second-order valence-electron chi connectivity index (χ2n) is 4.92. The maximum Gasteiger partial charge on any atom is 0.132 e. The summed E-state index contributed by atoms with van der Waals surface area (Å²) in [6, 6.07) is 17.7. The van der Waals surface area contributed by atoms with Crippen molar-refractivity contribution in [3.8, 4) is 23.0 Å². The summed E-state index contributed by atoms with van der Waals surface area (Å²) in [6.07, 6.45) is 0.769. The summed E-state index contributed by atoms with van der Waals surface area (Å²) in [4.78, 5) is 0. The fourth-order valence-corrected chi connectivity index (χ4v) is 2.34. The third-order valence-corrected chi connectivity index (χ3v) is 3.51. The molecule has 1 heterocycles. The van der Waals surface area contributed by atoms with E-state index < -0.39 is 0 Å². The summed E-state index contributed by atoms with van der Waals surface area (Å²) < 4.78 is 15.8. The average Bonchev–Trinajstić information content (AvgIpc) is 2.99. The highest BCUT2D eigenvalue weighted by Gasteiger charge is 2.14. The molecule has 2 aromatic carbocycles. The molecule has 0 spiro atoms. The van der Waals surface area contributed by atoms with Gasteiger partial charge < -0.3 is 0 Å². The van der Waals surface area contributed by atoms with E-state index in [0.717, 1.165) is 17.8 Å². The Morgan fingerprint density at radius 3 is 2.50 bits per heavy atom. The number of benzene rings is 2. The van der Waals surface area contributed by atoms with Crippen LogP contribution in [0.25, 0.3) is 16.9 Å². The van der Waals surface area contributed by atoms with Crippen LogP contribution < -0.4 is 0 Å². The summed E-state index contributed by atoms with van der Waals surface area (Å²) in [5.41, 5.74) is 3.50. The molecule has 108 valence electrons. The smallest absolute Gasteiger partial charge is 0.132 e. The second kappa shape index (κ2) is 5.82. The number of aromatic nitrogens is 2. The first-order valence-electron chi connectivity index (χ1n) is 7.07. The van der Waals surface area contributed by atoms with Crippen LogP contribution in [0, 0.1) is 17.1 Å². The van der Waals surface area contributed by atoms with Crippen LogP contribution in [-0.2, 0) is 6.42 Å². The van der Waals surface area contributed by atoms with Crippen molar-refractivity contribution in [1.29, 1.82) is 5.26 Å². The fraction of sp³-hybridized carbons (Fsp3) is 0.111. The van der Waals surface area contributed by atoms with E-state index >= 15 is 0 Å². The van der Waals surface area contributed by atoms with Crippen molar-refractivity contribution >= 4 is 0 Å². The fourth-order valence-electron chi connectivity index (χ4n) is 2.34. The number of hydrogen-bond acceptors (Lipinski definition) is 2. The molecule has 0 aliphatic carbocycles. The Morgan fingerprint density at radius 1 is 1.14 bits per heavy atom. The van der Waals surface area contributed by atoms with Gasteiger partial charge in [0.25, 0.3) is 0 Å². The van der Waals surface area contributed by atoms with E-state index in [-0.39, 0.29) is 5.82 Å². The van der Waals surface area contributed by atoms with Crippen molar-refractivity contribution < 1.29 is 4.39 Å². The summed E-state index contributed by atoms with van der Waals surface area (Å²) in [5, 5.41) is 13.4.